The first-order chi connectivity index (χ1) is 19.8. The van der Waals surface area contributed by atoms with E-state index >= 15 is 4.39 Å². The molecule has 3 aromatic heterocycles. The smallest absolute Gasteiger partial charge is 0.319 e. The predicted molar refractivity (Wildman–Crippen MR) is 156 cm³/mol. The number of nitrogens with two attached hydrogens (primary N) is 1. The lowest BCUT2D eigenvalue weighted by molar-refractivity contribution is 0.107. The highest BCUT2D eigenvalue weighted by atomic mass is 35.5. The second-order valence-electron chi connectivity index (χ2n) is 11.5. The molecule has 214 valence electrons. The SMILES string of the molecule is CN(CC1CNC1)c1nc(OC[C@@]23CCCN2C[C@H](F)C3)nc2c(F)c(-c3nc(N)cc4cccc(Cl)c34)ncc12. The van der Waals surface area contributed by atoms with E-state index in [4.69, 9.17) is 27.1 Å². The fourth-order valence-corrected chi connectivity index (χ4v) is 6.87. The molecule has 0 saturated carbocycles. The van der Waals surface area contributed by atoms with Gasteiger partial charge in [-0.1, -0.05) is 23.7 Å². The van der Waals surface area contributed by atoms with Crippen LogP contribution in [0.3, 0.4) is 0 Å². The summed E-state index contributed by atoms with van der Waals surface area (Å²) in [5, 5.41) is 5.43. The van der Waals surface area contributed by atoms with Crippen molar-refractivity contribution in [3.8, 4) is 17.4 Å². The third-order valence-electron chi connectivity index (χ3n) is 8.69. The molecule has 9 nitrogen and oxygen atoms in total. The molecule has 1 aromatic carbocycles. The summed E-state index contributed by atoms with van der Waals surface area (Å²) in [4.78, 5) is 22.3. The number of anilines is 2. The summed E-state index contributed by atoms with van der Waals surface area (Å²) in [6.45, 7) is 4.04. The molecule has 3 aliphatic rings. The third-order valence-corrected chi connectivity index (χ3v) is 9.00. The molecule has 7 rings (SSSR count). The van der Waals surface area contributed by atoms with Gasteiger partial charge in [0.25, 0.3) is 0 Å². The van der Waals surface area contributed by atoms with Crippen LogP contribution in [0.15, 0.2) is 30.5 Å². The molecule has 6 heterocycles. The van der Waals surface area contributed by atoms with Gasteiger partial charge < -0.3 is 20.7 Å². The van der Waals surface area contributed by atoms with E-state index in [9.17, 15) is 4.39 Å². The minimum atomic E-state index is -0.882. The van der Waals surface area contributed by atoms with Gasteiger partial charge >= 0.3 is 6.01 Å². The van der Waals surface area contributed by atoms with E-state index in [0.717, 1.165) is 44.4 Å². The maximum atomic E-state index is 16.5. The molecule has 4 aromatic rings. The number of nitrogens with one attached hydrogen (secondary N) is 1. The zero-order valence-corrected chi connectivity index (χ0v) is 23.5. The van der Waals surface area contributed by atoms with Crippen molar-refractivity contribution in [1.82, 2.24) is 30.2 Å². The highest BCUT2D eigenvalue weighted by Gasteiger charge is 2.49. The van der Waals surface area contributed by atoms with Crippen molar-refractivity contribution in [2.75, 3.05) is 57.0 Å². The van der Waals surface area contributed by atoms with Crippen molar-refractivity contribution >= 4 is 44.9 Å². The highest BCUT2D eigenvalue weighted by Crippen LogP contribution is 2.41. The van der Waals surface area contributed by atoms with Gasteiger partial charge in [-0.25, -0.2) is 13.8 Å². The first kappa shape index (κ1) is 26.5. The van der Waals surface area contributed by atoms with Crippen LogP contribution in [0.25, 0.3) is 33.1 Å². The van der Waals surface area contributed by atoms with E-state index in [1.807, 2.05) is 18.0 Å². The van der Waals surface area contributed by atoms with Gasteiger partial charge in [-0.2, -0.15) is 9.97 Å². The van der Waals surface area contributed by atoms with E-state index in [0.29, 0.717) is 40.5 Å². The number of hydrogen-bond donors (Lipinski definition) is 2. The van der Waals surface area contributed by atoms with E-state index in [1.54, 1.807) is 24.4 Å². The van der Waals surface area contributed by atoms with Crippen LogP contribution in [0.4, 0.5) is 20.4 Å². The lowest BCUT2D eigenvalue weighted by atomic mass is 9.95. The Morgan fingerprint density at radius 2 is 2.10 bits per heavy atom. The molecule has 0 amide bonds. The summed E-state index contributed by atoms with van der Waals surface area (Å²) >= 11 is 6.53. The Labute approximate surface area is 241 Å². The Morgan fingerprint density at radius 1 is 1.24 bits per heavy atom. The number of pyridine rings is 2. The van der Waals surface area contributed by atoms with Crippen molar-refractivity contribution in [2.45, 2.75) is 31.0 Å². The minimum Gasteiger partial charge on any atom is -0.461 e. The van der Waals surface area contributed by atoms with Gasteiger partial charge in [-0.3, -0.25) is 9.88 Å². The van der Waals surface area contributed by atoms with E-state index in [-0.39, 0.29) is 40.9 Å². The molecule has 2 atom stereocenters. The van der Waals surface area contributed by atoms with Crippen molar-refractivity contribution < 1.29 is 13.5 Å². The molecule has 41 heavy (non-hydrogen) atoms. The van der Waals surface area contributed by atoms with Crippen LogP contribution in [0.5, 0.6) is 6.01 Å². The molecule has 3 N–H and O–H groups in total. The Hall–Kier alpha value is -3.41. The van der Waals surface area contributed by atoms with Crippen LogP contribution in [-0.2, 0) is 0 Å². The molecule has 12 heteroatoms. The number of ether oxygens (including phenoxy) is 1. The molecular weight excluding hydrogens is 550 g/mol. The van der Waals surface area contributed by atoms with Gasteiger partial charge in [0.1, 0.15) is 41.3 Å². The molecule has 3 saturated heterocycles. The van der Waals surface area contributed by atoms with E-state index < -0.39 is 12.0 Å². The minimum absolute atomic E-state index is 0.0130. The second kappa shape index (κ2) is 10.1. The largest absolute Gasteiger partial charge is 0.461 e. The van der Waals surface area contributed by atoms with Crippen LogP contribution in [0.1, 0.15) is 19.3 Å². The summed E-state index contributed by atoms with van der Waals surface area (Å²) in [6, 6.07) is 7.10. The summed E-state index contributed by atoms with van der Waals surface area (Å²) in [5.41, 5.74) is 5.99. The van der Waals surface area contributed by atoms with Gasteiger partial charge in [0, 0.05) is 57.1 Å². The number of halogens is 3. The molecule has 3 fully saturated rings. The summed E-state index contributed by atoms with van der Waals surface area (Å²) < 4.78 is 37.0. The van der Waals surface area contributed by atoms with Crippen molar-refractivity contribution in [1.29, 1.82) is 0 Å². The monoisotopic (exact) mass is 580 g/mol. The molecule has 0 aliphatic carbocycles. The maximum absolute atomic E-state index is 16.5. The first-order valence-electron chi connectivity index (χ1n) is 14.0. The van der Waals surface area contributed by atoms with Gasteiger partial charge in [0.05, 0.1) is 15.9 Å². The molecule has 3 aliphatic heterocycles. The topological polar surface area (TPSA) is 105 Å². The number of nitrogens with zero attached hydrogens (tertiary/aromatic N) is 6. The molecule has 0 radical (unpaired) electrons. The Bertz CT molecular complexity index is 1650. The number of fused-ring (bicyclic) bond motifs is 3. The molecule has 0 spiro atoms. The number of alkyl halides is 1. The van der Waals surface area contributed by atoms with Crippen LogP contribution in [0.2, 0.25) is 5.02 Å². The normalized spacial score (nSPS) is 22.8. The molecule has 0 unspecified atom stereocenters. The zero-order valence-electron chi connectivity index (χ0n) is 22.7. The van der Waals surface area contributed by atoms with Crippen LogP contribution < -0.4 is 20.7 Å². The number of benzene rings is 1. The molecular formula is C29H31ClF2N8O. The Morgan fingerprint density at radius 3 is 2.90 bits per heavy atom. The maximum Gasteiger partial charge on any atom is 0.319 e. The average Bonchev–Trinajstić information content (AvgIpc) is 3.44. The van der Waals surface area contributed by atoms with Crippen molar-refractivity contribution in [3.05, 3.63) is 41.3 Å². The van der Waals surface area contributed by atoms with Gasteiger partial charge in [-0.15, -0.1) is 0 Å². The zero-order chi connectivity index (χ0) is 28.3. The first-order valence-corrected chi connectivity index (χ1v) is 14.3. The summed E-state index contributed by atoms with van der Waals surface area (Å²) in [7, 11) is 1.92. The Kier molecular flexibility index (Phi) is 6.55. The molecule has 0 bridgehead atoms. The third kappa shape index (κ3) is 4.60. The van der Waals surface area contributed by atoms with Crippen molar-refractivity contribution in [3.63, 3.8) is 0 Å². The average molecular weight is 581 g/mol. The number of rotatable bonds is 7. The highest BCUT2D eigenvalue weighted by molar-refractivity contribution is 6.36. The van der Waals surface area contributed by atoms with Crippen LogP contribution in [-0.4, -0.2) is 82.9 Å². The van der Waals surface area contributed by atoms with E-state index in [1.165, 1.54) is 0 Å². The second-order valence-corrected chi connectivity index (χ2v) is 11.9. The lowest BCUT2D eigenvalue weighted by Gasteiger charge is -2.32. The van der Waals surface area contributed by atoms with Gasteiger partial charge in [0.15, 0.2) is 5.82 Å². The quantitative estimate of drug-likeness (QED) is 0.332. The van der Waals surface area contributed by atoms with E-state index in [2.05, 4.69) is 25.2 Å². The van der Waals surface area contributed by atoms with Gasteiger partial charge in [-0.05, 0) is 36.9 Å². The van der Waals surface area contributed by atoms with Crippen LogP contribution >= 0.6 is 11.6 Å². The van der Waals surface area contributed by atoms with Gasteiger partial charge in [0.2, 0.25) is 0 Å². The lowest BCUT2D eigenvalue weighted by Crippen LogP contribution is -2.47. The van der Waals surface area contributed by atoms with Crippen LogP contribution in [0, 0.1) is 11.7 Å². The Balaban J connectivity index is 1.34. The number of aromatic nitrogens is 4. The number of hydrogen-bond acceptors (Lipinski definition) is 9. The fourth-order valence-electron chi connectivity index (χ4n) is 6.60. The standard InChI is InChI=1S/C29H31ClF2N8O/c1-39(13-16-10-34-11-16)27-19-12-35-26(25-22-17(8-21(33)36-25)4-2-5-20(22)30)23(32)24(19)37-28(38-27)41-15-29-6-3-7-40(29)14-18(31)9-29/h2,4-5,8,12,16,18,34H,3,6-7,9-11,13-15H2,1H3,(H2,33,36)/t18-,29+/m1/s1. The summed E-state index contributed by atoms with van der Waals surface area (Å²) in [5.74, 6) is 0.524. The summed E-state index contributed by atoms with van der Waals surface area (Å²) in [6.07, 6.45) is 2.94. The predicted octanol–water partition coefficient (Wildman–Crippen LogP) is 4.23. The fraction of sp³-hybridized carbons (Fsp3) is 0.448. The van der Waals surface area contributed by atoms with Crippen molar-refractivity contribution in [2.24, 2.45) is 5.92 Å². The number of nitrogen functional groups attached to an aromatic ring is 1.